The number of esters is 1. The number of nitrogens with one attached hydrogen (secondary N) is 1. The van der Waals surface area contributed by atoms with Crippen LogP contribution in [0.5, 0.6) is 5.75 Å². The molecule has 7 heteroatoms. The van der Waals surface area contributed by atoms with Gasteiger partial charge in [0.25, 0.3) is 12.0 Å². The highest BCUT2D eigenvalue weighted by molar-refractivity contribution is 5.73. The Morgan fingerprint density at radius 3 is 2.59 bits per heavy atom. The standard InChI is InChI=1S/C10H11F2NO4/c1-16-6-4-13-10(15)5(3-7(14)17-2)8(6)9(11)12/h4,9H,3H2,1-2H3,(H,13,15). The third kappa shape index (κ3) is 2.80. The molecule has 5 nitrogen and oxygen atoms in total. The molecule has 1 aromatic heterocycles. The summed E-state index contributed by atoms with van der Waals surface area (Å²) in [6, 6.07) is 0. The molecule has 0 amide bonds. The molecule has 0 aliphatic rings. The molecule has 0 fully saturated rings. The van der Waals surface area contributed by atoms with Crippen molar-refractivity contribution in [2.24, 2.45) is 0 Å². The molecule has 1 N–H and O–H groups in total. The maximum absolute atomic E-state index is 12.8. The van der Waals surface area contributed by atoms with Crippen molar-refractivity contribution in [1.29, 1.82) is 0 Å². The van der Waals surface area contributed by atoms with Gasteiger partial charge in [0.05, 0.1) is 26.2 Å². The number of carbonyl (C=O) groups excluding carboxylic acids is 1. The Kier molecular flexibility index (Phi) is 4.19. The molecule has 0 atom stereocenters. The largest absolute Gasteiger partial charge is 0.495 e. The third-order valence-corrected chi connectivity index (χ3v) is 2.19. The van der Waals surface area contributed by atoms with Gasteiger partial charge in [-0.25, -0.2) is 8.78 Å². The number of rotatable bonds is 4. The number of methoxy groups -OCH3 is 2. The number of H-pyrrole nitrogens is 1. The highest BCUT2D eigenvalue weighted by Gasteiger charge is 2.23. The number of hydrogen-bond acceptors (Lipinski definition) is 4. The van der Waals surface area contributed by atoms with Crippen molar-refractivity contribution in [1.82, 2.24) is 4.98 Å². The number of aromatic nitrogens is 1. The van der Waals surface area contributed by atoms with E-state index in [-0.39, 0.29) is 11.3 Å². The van der Waals surface area contributed by atoms with E-state index >= 15 is 0 Å². The summed E-state index contributed by atoms with van der Waals surface area (Å²) in [7, 11) is 2.31. The molecular formula is C10H11F2NO4. The monoisotopic (exact) mass is 247 g/mol. The van der Waals surface area contributed by atoms with Gasteiger partial charge in [-0.15, -0.1) is 0 Å². The van der Waals surface area contributed by atoms with Gasteiger partial charge in [-0.05, 0) is 0 Å². The van der Waals surface area contributed by atoms with Crippen LogP contribution in [0.2, 0.25) is 0 Å². The number of ether oxygens (including phenoxy) is 2. The number of alkyl halides is 2. The second-order valence-electron chi connectivity index (χ2n) is 3.13. The van der Waals surface area contributed by atoms with Gasteiger partial charge >= 0.3 is 5.97 Å². The van der Waals surface area contributed by atoms with Crippen molar-refractivity contribution >= 4 is 5.97 Å². The molecule has 0 aromatic carbocycles. The minimum absolute atomic E-state index is 0.168. The quantitative estimate of drug-likeness (QED) is 0.807. The van der Waals surface area contributed by atoms with Gasteiger partial charge in [0.2, 0.25) is 0 Å². The second-order valence-corrected chi connectivity index (χ2v) is 3.13. The normalized spacial score (nSPS) is 10.4. The summed E-state index contributed by atoms with van der Waals surface area (Å²) < 4.78 is 34.7. The summed E-state index contributed by atoms with van der Waals surface area (Å²) in [4.78, 5) is 24.7. The fourth-order valence-corrected chi connectivity index (χ4v) is 1.37. The van der Waals surface area contributed by atoms with Gasteiger partial charge in [-0.2, -0.15) is 0 Å². The fourth-order valence-electron chi connectivity index (χ4n) is 1.37. The molecule has 1 aromatic rings. The zero-order valence-electron chi connectivity index (χ0n) is 9.25. The van der Waals surface area contributed by atoms with Crippen LogP contribution in [0.15, 0.2) is 11.0 Å². The van der Waals surface area contributed by atoms with E-state index in [1.165, 1.54) is 7.11 Å². The van der Waals surface area contributed by atoms with Gasteiger partial charge in [0.1, 0.15) is 5.75 Å². The summed E-state index contributed by atoms with van der Waals surface area (Å²) in [5, 5.41) is 0. The Bertz CT molecular complexity index is 470. The van der Waals surface area contributed by atoms with Crippen molar-refractivity contribution in [2.75, 3.05) is 14.2 Å². The number of aromatic amines is 1. The van der Waals surface area contributed by atoms with Gasteiger partial charge in [0.15, 0.2) is 0 Å². The Balaban J connectivity index is 3.34. The minimum Gasteiger partial charge on any atom is -0.495 e. The van der Waals surface area contributed by atoms with Gasteiger partial charge in [-0.3, -0.25) is 9.59 Å². The highest BCUT2D eigenvalue weighted by Crippen LogP contribution is 2.29. The lowest BCUT2D eigenvalue weighted by molar-refractivity contribution is -0.139. The topological polar surface area (TPSA) is 68.4 Å². The predicted molar refractivity (Wildman–Crippen MR) is 54.3 cm³/mol. The number of halogens is 2. The number of pyridine rings is 1. The van der Waals surface area contributed by atoms with Gasteiger partial charge in [0, 0.05) is 11.8 Å². The average Bonchev–Trinajstić information content (AvgIpc) is 2.30. The number of hydrogen-bond donors (Lipinski definition) is 1. The first-order chi connectivity index (χ1) is 8.01. The lowest BCUT2D eigenvalue weighted by atomic mass is 10.1. The highest BCUT2D eigenvalue weighted by atomic mass is 19.3. The van der Waals surface area contributed by atoms with E-state index in [2.05, 4.69) is 9.72 Å². The summed E-state index contributed by atoms with van der Waals surface area (Å²) in [5.74, 6) is -0.941. The average molecular weight is 247 g/mol. The predicted octanol–water partition coefficient (Wildman–Crippen LogP) is 1.04. The first-order valence-electron chi connectivity index (χ1n) is 4.64. The Morgan fingerprint density at radius 2 is 2.12 bits per heavy atom. The van der Waals surface area contributed by atoms with Crippen LogP contribution in [0.1, 0.15) is 17.6 Å². The van der Waals surface area contributed by atoms with Crippen molar-refractivity contribution in [3.05, 3.63) is 27.7 Å². The molecule has 0 spiro atoms. The molecule has 0 unspecified atom stereocenters. The van der Waals surface area contributed by atoms with Crippen LogP contribution in [0.3, 0.4) is 0 Å². The van der Waals surface area contributed by atoms with Crippen LogP contribution in [-0.4, -0.2) is 25.2 Å². The fraction of sp³-hybridized carbons (Fsp3) is 0.400. The van der Waals surface area contributed by atoms with Gasteiger partial charge < -0.3 is 14.5 Å². The van der Waals surface area contributed by atoms with E-state index in [1.54, 1.807) is 0 Å². The molecule has 0 aliphatic carbocycles. The van der Waals surface area contributed by atoms with E-state index < -0.39 is 29.9 Å². The minimum atomic E-state index is -2.91. The molecule has 94 valence electrons. The molecule has 0 saturated carbocycles. The molecule has 1 rings (SSSR count). The molecule has 0 radical (unpaired) electrons. The summed E-state index contributed by atoms with van der Waals surface area (Å²) in [5.41, 5.74) is -1.68. The van der Waals surface area contributed by atoms with Crippen LogP contribution >= 0.6 is 0 Å². The lowest BCUT2D eigenvalue weighted by Gasteiger charge is -2.11. The maximum Gasteiger partial charge on any atom is 0.310 e. The van der Waals surface area contributed by atoms with Crippen molar-refractivity contribution < 1.29 is 23.0 Å². The van der Waals surface area contributed by atoms with E-state index in [9.17, 15) is 18.4 Å². The van der Waals surface area contributed by atoms with Crippen LogP contribution in [0.4, 0.5) is 8.78 Å². The Labute approximate surface area is 95.4 Å². The van der Waals surface area contributed by atoms with Crippen molar-refractivity contribution in [3.63, 3.8) is 0 Å². The van der Waals surface area contributed by atoms with Crippen LogP contribution in [0.25, 0.3) is 0 Å². The van der Waals surface area contributed by atoms with Gasteiger partial charge in [-0.1, -0.05) is 0 Å². The molecular weight excluding hydrogens is 236 g/mol. The Hall–Kier alpha value is -1.92. The zero-order valence-corrected chi connectivity index (χ0v) is 9.25. The first kappa shape index (κ1) is 13.1. The molecule has 1 heterocycles. The molecule has 0 bridgehead atoms. The Morgan fingerprint density at radius 1 is 1.47 bits per heavy atom. The van der Waals surface area contributed by atoms with Crippen LogP contribution in [-0.2, 0) is 16.0 Å². The van der Waals surface area contributed by atoms with E-state index in [4.69, 9.17) is 4.74 Å². The van der Waals surface area contributed by atoms with E-state index in [1.807, 2.05) is 0 Å². The van der Waals surface area contributed by atoms with Crippen molar-refractivity contribution in [3.8, 4) is 5.75 Å². The third-order valence-electron chi connectivity index (χ3n) is 2.19. The number of carbonyl (C=O) groups is 1. The maximum atomic E-state index is 12.8. The summed E-state index contributed by atoms with van der Waals surface area (Å²) >= 11 is 0. The molecule has 0 aliphatic heterocycles. The second kappa shape index (κ2) is 5.42. The summed E-state index contributed by atoms with van der Waals surface area (Å²) in [6.45, 7) is 0. The van der Waals surface area contributed by atoms with Crippen LogP contribution < -0.4 is 10.3 Å². The van der Waals surface area contributed by atoms with E-state index in [0.29, 0.717) is 0 Å². The van der Waals surface area contributed by atoms with Crippen LogP contribution in [0, 0.1) is 0 Å². The first-order valence-corrected chi connectivity index (χ1v) is 4.64. The zero-order chi connectivity index (χ0) is 13.0. The lowest BCUT2D eigenvalue weighted by Crippen LogP contribution is -2.20. The SMILES string of the molecule is COC(=O)Cc1c(C(F)F)c(OC)c[nH]c1=O. The van der Waals surface area contributed by atoms with Crippen molar-refractivity contribution in [2.45, 2.75) is 12.8 Å². The smallest absolute Gasteiger partial charge is 0.310 e. The molecule has 0 saturated heterocycles. The van der Waals surface area contributed by atoms with E-state index in [0.717, 1.165) is 13.3 Å². The summed E-state index contributed by atoms with van der Waals surface area (Å²) in [6.07, 6.45) is -2.40. The molecule has 17 heavy (non-hydrogen) atoms.